The van der Waals surface area contributed by atoms with Gasteiger partial charge in [0, 0.05) is 16.2 Å². The lowest BCUT2D eigenvalue weighted by Crippen LogP contribution is -2.39. The first kappa shape index (κ1) is 18.9. The SMILES string of the molecule is Cc1ccc([C@@H](CC(=O)N2COC[C@H]2Cc2ccccc2)C(F)(F)F)s1. The molecule has 2 heterocycles. The smallest absolute Gasteiger partial charge is 0.359 e. The first-order chi connectivity index (χ1) is 12.3. The molecule has 1 fully saturated rings. The van der Waals surface area contributed by atoms with Crippen LogP contribution in [0.25, 0.3) is 0 Å². The maximum absolute atomic E-state index is 13.5. The highest BCUT2D eigenvalue weighted by atomic mass is 32.1. The van der Waals surface area contributed by atoms with Gasteiger partial charge in [-0.05, 0) is 31.0 Å². The fourth-order valence-electron chi connectivity index (χ4n) is 3.12. The highest BCUT2D eigenvalue weighted by molar-refractivity contribution is 7.12. The molecule has 1 aromatic heterocycles. The normalized spacial score (nSPS) is 18.9. The van der Waals surface area contributed by atoms with E-state index in [-0.39, 0.29) is 17.6 Å². The van der Waals surface area contributed by atoms with Gasteiger partial charge in [0.15, 0.2) is 0 Å². The van der Waals surface area contributed by atoms with Crippen molar-refractivity contribution in [3.05, 3.63) is 57.8 Å². The summed E-state index contributed by atoms with van der Waals surface area (Å²) in [6.07, 6.45) is -4.47. The van der Waals surface area contributed by atoms with Gasteiger partial charge >= 0.3 is 6.18 Å². The summed E-state index contributed by atoms with van der Waals surface area (Å²) >= 11 is 1.09. The van der Waals surface area contributed by atoms with E-state index in [2.05, 4.69) is 0 Å². The van der Waals surface area contributed by atoms with Crippen molar-refractivity contribution < 1.29 is 22.7 Å². The minimum absolute atomic E-state index is 0.0460. The third-order valence-corrected chi connectivity index (χ3v) is 5.61. The first-order valence-corrected chi connectivity index (χ1v) is 9.20. The highest BCUT2D eigenvalue weighted by Crippen LogP contribution is 2.41. The Labute approximate surface area is 154 Å². The van der Waals surface area contributed by atoms with Crippen LogP contribution in [0.3, 0.4) is 0 Å². The summed E-state index contributed by atoms with van der Waals surface area (Å²) in [5.41, 5.74) is 1.03. The summed E-state index contributed by atoms with van der Waals surface area (Å²) in [5, 5.41) is 0. The van der Waals surface area contributed by atoms with Crippen LogP contribution in [-0.2, 0) is 16.0 Å². The van der Waals surface area contributed by atoms with Crippen LogP contribution in [-0.4, -0.2) is 36.4 Å². The summed E-state index contributed by atoms with van der Waals surface area (Å²) in [7, 11) is 0. The minimum Gasteiger partial charge on any atom is -0.359 e. The van der Waals surface area contributed by atoms with E-state index in [9.17, 15) is 18.0 Å². The van der Waals surface area contributed by atoms with Crippen molar-refractivity contribution in [2.24, 2.45) is 0 Å². The fourth-order valence-corrected chi connectivity index (χ4v) is 4.13. The Morgan fingerprint density at radius 3 is 2.62 bits per heavy atom. The molecule has 1 amide bonds. The zero-order chi connectivity index (χ0) is 18.7. The fraction of sp³-hybridized carbons (Fsp3) is 0.421. The molecule has 3 rings (SSSR count). The Morgan fingerprint density at radius 1 is 1.27 bits per heavy atom. The number of hydrogen-bond acceptors (Lipinski definition) is 3. The Bertz CT molecular complexity index is 745. The Balaban J connectivity index is 1.72. The largest absolute Gasteiger partial charge is 0.397 e. The predicted molar refractivity (Wildman–Crippen MR) is 94.1 cm³/mol. The molecule has 0 saturated carbocycles. The number of carbonyl (C=O) groups excluding carboxylic acids is 1. The van der Waals surface area contributed by atoms with E-state index < -0.39 is 24.4 Å². The number of nitrogens with zero attached hydrogens (tertiary/aromatic N) is 1. The van der Waals surface area contributed by atoms with Gasteiger partial charge in [-0.15, -0.1) is 11.3 Å². The Morgan fingerprint density at radius 2 is 2.00 bits per heavy atom. The standard InChI is InChI=1S/C19H20F3NO2S/c1-13-7-8-17(26-13)16(19(20,21)22)10-18(24)23-12-25-11-15(23)9-14-5-3-2-4-6-14/h2-8,15-16H,9-12H2,1H3/t15-,16-/m1/s1. The van der Waals surface area contributed by atoms with Gasteiger partial charge in [0.05, 0.1) is 18.6 Å². The second-order valence-corrected chi connectivity index (χ2v) is 7.77. The second-order valence-electron chi connectivity index (χ2n) is 6.45. The van der Waals surface area contributed by atoms with Gasteiger partial charge in [0.25, 0.3) is 0 Å². The van der Waals surface area contributed by atoms with E-state index in [1.165, 1.54) is 11.0 Å². The van der Waals surface area contributed by atoms with Gasteiger partial charge in [-0.3, -0.25) is 4.79 Å². The van der Waals surface area contributed by atoms with E-state index in [1.54, 1.807) is 13.0 Å². The van der Waals surface area contributed by atoms with Gasteiger partial charge in [-0.2, -0.15) is 13.2 Å². The third-order valence-electron chi connectivity index (χ3n) is 4.49. The zero-order valence-electron chi connectivity index (χ0n) is 14.3. The van der Waals surface area contributed by atoms with Crippen molar-refractivity contribution in [3.63, 3.8) is 0 Å². The number of alkyl halides is 3. The number of ether oxygens (including phenoxy) is 1. The monoisotopic (exact) mass is 383 g/mol. The molecule has 1 aromatic carbocycles. The van der Waals surface area contributed by atoms with Crippen LogP contribution in [0.2, 0.25) is 0 Å². The van der Waals surface area contributed by atoms with Gasteiger partial charge < -0.3 is 9.64 Å². The number of carbonyl (C=O) groups is 1. The number of hydrogen-bond donors (Lipinski definition) is 0. The number of amides is 1. The van der Waals surface area contributed by atoms with Crippen molar-refractivity contribution in [1.82, 2.24) is 4.90 Å². The van der Waals surface area contributed by atoms with E-state index in [0.717, 1.165) is 21.8 Å². The quantitative estimate of drug-likeness (QED) is 0.760. The average molecular weight is 383 g/mol. The maximum Gasteiger partial charge on any atom is 0.397 e. The van der Waals surface area contributed by atoms with E-state index in [1.807, 2.05) is 30.3 Å². The third kappa shape index (κ3) is 4.45. The minimum atomic E-state index is -4.46. The molecule has 2 atom stereocenters. The molecule has 0 bridgehead atoms. The Kier molecular flexibility index (Phi) is 5.67. The number of rotatable bonds is 5. The average Bonchev–Trinajstić information content (AvgIpc) is 3.21. The molecule has 26 heavy (non-hydrogen) atoms. The molecule has 1 saturated heterocycles. The van der Waals surface area contributed by atoms with Crippen molar-refractivity contribution in [3.8, 4) is 0 Å². The lowest BCUT2D eigenvalue weighted by Gasteiger charge is -2.26. The summed E-state index contributed by atoms with van der Waals surface area (Å²) in [5.74, 6) is -2.29. The lowest BCUT2D eigenvalue weighted by atomic mass is 10.0. The van der Waals surface area contributed by atoms with Crippen molar-refractivity contribution in [2.75, 3.05) is 13.3 Å². The van der Waals surface area contributed by atoms with Crippen LogP contribution in [0.4, 0.5) is 13.2 Å². The van der Waals surface area contributed by atoms with Gasteiger partial charge in [0.1, 0.15) is 6.73 Å². The van der Waals surface area contributed by atoms with Crippen molar-refractivity contribution in [2.45, 2.75) is 37.9 Å². The number of aryl methyl sites for hydroxylation is 1. The van der Waals surface area contributed by atoms with E-state index in [4.69, 9.17) is 4.74 Å². The summed E-state index contributed by atoms with van der Waals surface area (Å²) < 4.78 is 45.9. The van der Waals surface area contributed by atoms with E-state index >= 15 is 0 Å². The van der Waals surface area contributed by atoms with Crippen molar-refractivity contribution >= 4 is 17.2 Å². The molecule has 0 radical (unpaired) electrons. The summed E-state index contributed by atoms with van der Waals surface area (Å²) in [6.45, 7) is 2.15. The van der Waals surface area contributed by atoms with Crippen molar-refractivity contribution in [1.29, 1.82) is 0 Å². The van der Waals surface area contributed by atoms with Crippen LogP contribution < -0.4 is 0 Å². The molecule has 0 spiro atoms. The molecule has 0 unspecified atom stereocenters. The Hall–Kier alpha value is -1.86. The number of benzene rings is 1. The lowest BCUT2D eigenvalue weighted by molar-refractivity contribution is -0.160. The molecule has 3 nitrogen and oxygen atoms in total. The van der Waals surface area contributed by atoms with Gasteiger partial charge in [-0.1, -0.05) is 30.3 Å². The second kappa shape index (κ2) is 7.80. The highest BCUT2D eigenvalue weighted by Gasteiger charge is 2.44. The molecule has 2 aromatic rings. The summed E-state index contributed by atoms with van der Waals surface area (Å²) in [4.78, 5) is 15.1. The van der Waals surface area contributed by atoms with Crippen LogP contribution >= 0.6 is 11.3 Å². The first-order valence-electron chi connectivity index (χ1n) is 8.39. The molecule has 0 N–H and O–H groups in total. The van der Waals surface area contributed by atoms with Crippen LogP contribution in [0, 0.1) is 6.92 Å². The number of halogens is 3. The van der Waals surface area contributed by atoms with E-state index in [0.29, 0.717) is 13.0 Å². The molecule has 1 aliphatic rings. The topological polar surface area (TPSA) is 29.5 Å². The summed E-state index contributed by atoms with van der Waals surface area (Å²) in [6, 6.07) is 12.5. The van der Waals surface area contributed by atoms with Crippen LogP contribution in [0.5, 0.6) is 0 Å². The maximum atomic E-state index is 13.5. The molecular weight excluding hydrogens is 363 g/mol. The molecule has 7 heteroatoms. The van der Waals surface area contributed by atoms with Gasteiger partial charge in [0.2, 0.25) is 5.91 Å². The molecule has 1 aliphatic heterocycles. The van der Waals surface area contributed by atoms with Crippen LogP contribution in [0.1, 0.15) is 27.7 Å². The molecule has 140 valence electrons. The number of thiophene rings is 1. The van der Waals surface area contributed by atoms with Crippen LogP contribution in [0.15, 0.2) is 42.5 Å². The zero-order valence-corrected chi connectivity index (χ0v) is 15.1. The molecular formula is C19H20F3NO2S. The predicted octanol–water partition coefficient (Wildman–Crippen LogP) is 4.52. The molecule has 0 aliphatic carbocycles. The van der Waals surface area contributed by atoms with Gasteiger partial charge in [-0.25, -0.2) is 0 Å².